The van der Waals surface area contributed by atoms with Crippen LogP contribution >= 0.6 is 0 Å². The fourth-order valence-electron chi connectivity index (χ4n) is 3.55. The SMILES string of the molecule is C=C1CN([C@H](C)c2ccccc2)C2CCC(=O)C1C2. The number of benzene rings is 1. The third-order valence-corrected chi connectivity index (χ3v) is 4.75. The van der Waals surface area contributed by atoms with Crippen molar-refractivity contribution in [2.75, 3.05) is 6.54 Å². The first-order chi connectivity index (χ1) is 9.16. The van der Waals surface area contributed by atoms with Crippen LogP contribution in [0.1, 0.15) is 37.8 Å². The number of ketones is 1. The van der Waals surface area contributed by atoms with Gasteiger partial charge in [0.2, 0.25) is 0 Å². The maximum absolute atomic E-state index is 11.9. The molecule has 3 atom stereocenters. The van der Waals surface area contributed by atoms with Crippen molar-refractivity contribution in [3.05, 3.63) is 48.0 Å². The third kappa shape index (κ3) is 2.25. The fraction of sp³-hybridized carbons (Fsp3) is 0.471. The van der Waals surface area contributed by atoms with Crippen molar-refractivity contribution in [3.8, 4) is 0 Å². The molecule has 3 rings (SSSR count). The molecule has 2 heteroatoms. The predicted octanol–water partition coefficient (Wildman–Crippen LogP) is 3.36. The highest BCUT2D eigenvalue weighted by molar-refractivity contribution is 5.84. The van der Waals surface area contributed by atoms with Crippen LogP contribution in [0.15, 0.2) is 42.5 Å². The summed E-state index contributed by atoms with van der Waals surface area (Å²) in [6.45, 7) is 7.28. The van der Waals surface area contributed by atoms with E-state index in [4.69, 9.17) is 0 Å². The third-order valence-electron chi connectivity index (χ3n) is 4.75. The molecule has 0 aromatic heterocycles. The van der Waals surface area contributed by atoms with E-state index in [2.05, 4.69) is 48.7 Å². The number of rotatable bonds is 2. The van der Waals surface area contributed by atoms with E-state index in [1.54, 1.807) is 0 Å². The molecule has 2 fully saturated rings. The topological polar surface area (TPSA) is 20.3 Å². The van der Waals surface area contributed by atoms with E-state index in [1.807, 2.05) is 0 Å². The number of piperidine rings is 1. The number of carbonyl (C=O) groups is 1. The van der Waals surface area contributed by atoms with E-state index in [0.717, 1.165) is 31.4 Å². The van der Waals surface area contributed by atoms with Gasteiger partial charge in [0.25, 0.3) is 0 Å². The first kappa shape index (κ1) is 12.6. The van der Waals surface area contributed by atoms with Crippen molar-refractivity contribution < 1.29 is 4.79 Å². The molecule has 1 aliphatic carbocycles. The summed E-state index contributed by atoms with van der Waals surface area (Å²) in [4.78, 5) is 14.4. The lowest BCUT2D eigenvalue weighted by molar-refractivity contribution is -0.126. The molecule has 1 heterocycles. The van der Waals surface area contributed by atoms with Crippen LogP contribution in [0.3, 0.4) is 0 Å². The zero-order valence-corrected chi connectivity index (χ0v) is 11.5. The molecule has 0 amide bonds. The highest BCUT2D eigenvalue weighted by atomic mass is 16.1. The summed E-state index contributed by atoms with van der Waals surface area (Å²) in [5, 5.41) is 0. The van der Waals surface area contributed by atoms with Crippen LogP contribution in [0, 0.1) is 5.92 Å². The van der Waals surface area contributed by atoms with Crippen molar-refractivity contribution in [2.24, 2.45) is 5.92 Å². The summed E-state index contributed by atoms with van der Waals surface area (Å²) in [5.41, 5.74) is 2.47. The van der Waals surface area contributed by atoms with Gasteiger partial charge in [-0.15, -0.1) is 0 Å². The Kier molecular flexibility index (Phi) is 3.28. The first-order valence-electron chi connectivity index (χ1n) is 7.18. The quantitative estimate of drug-likeness (QED) is 0.755. The molecule has 1 aromatic carbocycles. The molecule has 0 N–H and O–H groups in total. The number of hydrogen-bond acceptors (Lipinski definition) is 2. The average Bonchev–Trinajstić information content (AvgIpc) is 2.45. The fourth-order valence-corrected chi connectivity index (χ4v) is 3.55. The Morgan fingerprint density at radius 3 is 2.79 bits per heavy atom. The van der Waals surface area contributed by atoms with Gasteiger partial charge in [-0.3, -0.25) is 9.69 Å². The molecule has 19 heavy (non-hydrogen) atoms. The van der Waals surface area contributed by atoms with Crippen molar-refractivity contribution in [2.45, 2.75) is 38.3 Å². The van der Waals surface area contributed by atoms with Crippen LogP contribution in [0.4, 0.5) is 0 Å². The van der Waals surface area contributed by atoms with Gasteiger partial charge >= 0.3 is 0 Å². The van der Waals surface area contributed by atoms with Gasteiger partial charge in [-0.25, -0.2) is 0 Å². The molecule has 1 saturated heterocycles. The van der Waals surface area contributed by atoms with Crippen molar-refractivity contribution in [3.63, 3.8) is 0 Å². The summed E-state index contributed by atoms with van der Waals surface area (Å²) in [7, 11) is 0. The van der Waals surface area contributed by atoms with Crippen LogP contribution in [0.2, 0.25) is 0 Å². The molecular formula is C17H21NO. The molecule has 0 spiro atoms. The summed E-state index contributed by atoms with van der Waals surface area (Å²) in [5.74, 6) is 0.547. The Hall–Kier alpha value is -1.41. The van der Waals surface area contributed by atoms with Crippen LogP contribution < -0.4 is 0 Å². The Balaban J connectivity index is 1.82. The lowest BCUT2D eigenvalue weighted by Gasteiger charge is -2.46. The van der Waals surface area contributed by atoms with Crippen molar-refractivity contribution in [1.29, 1.82) is 0 Å². The first-order valence-corrected chi connectivity index (χ1v) is 7.18. The number of Topliss-reactive ketones (excluding diaryl/α,β-unsaturated/α-hetero) is 1. The summed E-state index contributed by atoms with van der Waals surface area (Å²) in [6.07, 6.45) is 2.72. The van der Waals surface area contributed by atoms with Gasteiger partial charge in [-0.05, 0) is 25.3 Å². The lowest BCUT2D eigenvalue weighted by Crippen LogP contribution is -2.49. The summed E-state index contributed by atoms with van der Waals surface area (Å²) in [6, 6.07) is 11.6. The number of likely N-dealkylation sites (tertiary alicyclic amines) is 1. The molecule has 100 valence electrons. The zero-order valence-electron chi connectivity index (χ0n) is 11.5. The van der Waals surface area contributed by atoms with Crippen LogP contribution in [0.25, 0.3) is 0 Å². The van der Waals surface area contributed by atoms with Gasteiger partial charge in [-0.2, -0.15) is 0 Å². The monoisotopic (exact) mass is 255 g/mol. The Bertz CT molecular complexity index is 493. The lowest BCUT2D eigenvalue weighted by atomic mass is 9.75. The Morgan fingerprint density at radius 2 is 2.05 bits per heavy atom. The van der Waals surface area contributed by atoms with Gasteiger partial charge in [-0.1, -0.05) is 42.5 Å². The molecule has 2 nitrogen and oxygen atoms in total. The molecule has 1 aromatic rings. The Morgan fingerprint density at radius 1 is 1.32 bits per heavy atom. The second kappa shape index (κ2) is 4.93. The minimum Gasteiger partial charge on any atom is -0.299 e. The van der Waals surface area contributed by atoms with Gasteiger partial charge in [0.15, 0.2) is 0 Å². The highest BCUT2D eigenvalue weighted by Gasteiger charge is 2.40. The van der Waals surface area contributed by atoms with E-state index in [9.17, 15) is 4.79 Å². The van der Waals surface area contributed by atoms with Gasteiger partial charge in [0.1, 0.15) is 5.78 Å². The molecule has 1 saturated carbocycles. The molecule has 1 aliphatic heterocycles. The highest BCUT2D eigenvalue weighted by Crippen LogP contribution is 2.39. The molecular weight excluding hydrogens is 234 g/mol. The minimum atomic E-state index is 0.137. The summed E-state index contributed by atoms with van der Waals surface area (Å²) >= 11 is 0. The maximum Gasteiger partial charge on any atom is 0.140 e. The van der Waals surface area contributed by atoms with Gasteiger partial charge in [0.05, 0.1) is 0 Å². The van der Waals surface area contributed by atoms with E-state index in [1.165, 1.54) is 5.56 Å². The average molecular weight is 255 g/mol. The van der Waals surface area contributed by atoms with Crippen molar-refractivity contribution >= 4 is 5.78 Å². The molecule has 0 radical (unpaired) electrons. The number of fused-ring (bicyclic) bond motifs is 2. The van der Waals surface area contributed by atoms with Gasteiger partial charge in [0, 0.05) is 31.0 Å². The van der Waals surface area contributed by atoms with Gasteiger partial charge < -0.3 is 0 Å². The van der Waals surface area contributed by atoms with E-state index in [0.29, 0.717) is 17.9 Å². The van der Waals surface area contributed by atoms with Crippen LogP contribution in [-0.2, 0) is 4.79 Å². The maximum atomic E-state index is 11.9. The smallest absolute Gasteiger partial charge is 0.140 e. The standard InChI is InChI=1S/C17H21NO/c1-12-11-18(13(2)14-6-4-3-5-7-14)15-8-9-17(19)16(12)10-15/h3-7,13,15-16H,1,8-11H2,2H3/t13-,15?,16?/m1/s1. The summed E-state index contributed by atoms with van der Waals surface area (Å²) < 4.78 is 0. The second-order valence-electron chi connectivity index (χ2n) is 5.86. The Labute approximate surface area is 115 Å². The second-order valence-corrected chi connectivity index (χ2v) is 5.86. The number of hydrogen-bond donors (Lipinski definition) is 0. The minimum absolute atomic E-state index is 0.137. The molecule has 2 unspecified atom stereocenters. The van der Waals surface area contributed by atoms with E-state index < -0.39 is 0 Å². The van der Waals surface area contributed by atoms with Crippen LogP contribution in [0.5, 0.6) is 0 Å². The van der Waals surface area contributed by atoms with E-state index in [-0.39, 0.29) is 5.92 Å². The predicted molar refractivity (Wildman–Crippen MR) is 76.8 cm³/mol. The van der Waals surface area contributed by atoms with Crippen molar-refractivity contribution in [1.82, 2.24) is 4.90 Å². The van der Waals surface area contributed by atoms with E-state index >= 15 is 0 Å². The zero-order chi connectivity index (χ0) is 13.4. The normalized spacial score (nSPS) is 29.3. The van der Waals surface area contributed by atoms with Crippen LogP contribution in [-0.4, -0.2) is 23.3 Å². The number of nitrogens with zero attached hydrogens (tertiary/aromatic N) is 1. The number of carbonyl (C=O) groups excluding carboxylic acids is 1. The molecule has 2 aliphatic rings. The molecule has 2 bridgehead atoms. The largest absolute Gasteiger partial charge is 0.299 e.